The molecule has 35 heavy (non-hydrogen) atoms. The lowest BCUT2D eigenvalue weighted by molar-refractivity contribution is 0.0785. The quantitative estimate of drug-likeness (QED) is 0.312. The van der Waals surface area contributed by atoms with Crippen molar-refractivity contribution >= 4 is 23.2 Å². The number of rotatable bonds is 9. The van der Waals surface area contributed by atoms with Crippen LogP contribution in [0.1, 0.15) is 11.4 Å². The molecular formula is C22H21FN6O5S. The lowest BCUT2D eigenvalue weighted by Crippen LogP contribution is -2.45. The van der Waals surface area contributed by atoms with Crippen molar-refractivity contribution in [2.75, 3.05) is 11.9 Å². The van der Waals surface area contributed by atoms with E-state index >= 15 is 0 Å². The van der Waals surface area contributed by atoms with Crippen molar-refractivity contribution in [2.24, 2.45) is 0 Å². The monoisotopic (exact) mass is 500 g/mol. The Labute approximate surface area is 201 Å². The molecule has 0 saturated carbocycles. The van der Waals surface area contributed by atoms with Crippen LogP contribution in [0.15, 0.2) is 58.1 Å². The van der Waals surface area contributed by atoms with Gasteiger partial charge in [0.15, 0.2) is 0 Å². The minimum absolute atomic E-state index is 0.0263. The standard InChI is InChI=1S/C22H21FN6O5S/c1-13-24-21(35-27-13)34-18-8-6-16(7-9-18)25-19-26-20(32)29(11-17(31)12-30)22(33)28(19)10-14-2-4-15(23)5-3-14/h2-9,17,30-31H,10-12H2,1H3,(H,25,26,32)/t17-/m0/s1. The number of aliphatic hydroxyl groups excluding tert-OH is 2. The Morgan fingerprint density at radius 3 is 2.43 bits per heavy atom. The molecule has 0 unspecified atom stereocenters. The van der Waals surface area contributed by atoms with Crippen LogP contribution in [0.5, 0.6) is 10.9 Å². The van der Waals surface area contributed by atoms with Gasteiger partial charge in [0.05, 0.1) is 25.8 Å². The third-order valence-electron chi connectivity index (χ3n) is 4.83. The Morgan fingerprint density at radius 2 is 1.80 bits per heavy atom. The van der Waals surface area contributed by atoms with E-state index < -0.39 is 36.5 Å². The molecule has 4 aromatic rings. The molecule has 13 heteroatoms. The first kappa shape index (κ1) is 24.2. The number of ether oxygens (including phenoxy) is 1. The van der Waals surface area contributed by atoms with E-state index in [-0.39, 0.29) is 12.5 Å². The molecule has 0 aliphatic heterocycles. The van der Waals surface area contributed by atoms with E-state index in [4.69, 9.17) is 9.84 Å². The first-order valence-corrected chi connectivity index (χ1v) is 11.2. The first-order valence-electron chi connectivity index (χ1n) is 10.4. The van der Waals surface area contributed by atoms with Crippen LogP contribution in [0.2, 0.25) is 0 Å². The summed E-state index contributed by atoms with van der Waals surface area (Å²) in [6.07, 6.45) is -1.32. The van der Waals surface area contributed by atoms with Gasteiger partial charge < -0.3 is 20.3 Å². The van der Waals surface area contributed by atoms with Crippen LogP contribution in [-0.2, 0) is 13.1 Å². The van der Waals surface area contributed by atoms with Crippen LogP contribution in [0.4, 0.5) is 16.0 Å². The third-order valence-corrected chi connectivity index (χ3v) is 5.52. The van der Waals surface area contributed by atoms with Crippen LogP contribution in [0, 0.1) is 12.7 Å². The summed E-state index contributed by atoms with van der Waals surface area (Å²) in [6.45, 7) is 0.672. The van der Waals surface area contributed by atoms with Crippen LogP contribution in [0.25, 0.3) is 0 Å². The predicted octanol–water partition coefficient (Wildman–Crippen LogP) is 1.64. The molecule has 0 aliphatic carbocycles. The highest BCUT2D eigenvalue weighted by Crippen LogP contribution is 2.25. The smallest absolute Gasteiger partial charge is 0.355 e. The summed E-state index contributed by atoms with van der Waals surface area (Å²) >= 11 is 1.12. The summed E-state index contributed by atoms with van der Waals surface area (Å²) in [5, 5.41) is 22.2. The maximum atomic E-state index is 13.3. The molecule has 0 amide bonds. The van der Waals surface area contributed by atoms with Crippen molar-refractivity contribution in [3.63, 3.8) is 0 Å². The fourth-order valence-corrected chi connectivity index (χ4v) is 3.68. The second-order valence-corrected chi connectivity index (χ2v) is 8.23. The molecule has 4 rings (SSSR count). The number of aliphatic hydroxyl groups is 2. The molecule has 0 aliphatic rings. The molecule has 1 atom stereocenters. The molecule has 2 aromatic heterocycles. The molecule has 0 bridgehead atoms. The zero-order valence-electron chi connectivity index (χ0n) is 18.5. The van der Waals surface area contributed by atoms with Gasteiger partial charge in [0.2, 0.25) is 5.95 Å². The highest BCUT2D eigenvalue weighted by atomic mass is 32.1. The van der Waals surface area contributed by atoms with Crippen LogP contribution in [-0.4, -0.2) is 46.4 Å². The van der Waals surface area contributed by atoms with E-state index in [0.29, 0.717) is 28.0 Å². The average molecular weight is 501 g/mol. The van der Waals surface area contributed by atoms with Crippen molar-refractivity contribution in [1.29, 1.82) is 0 Å². The van der Waals surface area contributed by atoms with E-state index in [2.05, 4.69) is 19.7 Å². The highest BCUT2D eigenvalue weighted by Gasteiger charge is 2.16. The second-order valence-electron chi connectivity index (χ2n) is 7.52. The zero-order valence-corrected chi connectivity index (χ0v) is 19.3. The minimum Gasteiger partial charge on any atom is -0.430 e. The summed E-state index contributed by atoms with van der Waals surface area (Å²) < 4.78 is 24.9. The summed E-state index contributed by atoms with van der Waals surface area (Å²) in [5.74, 6) is 0.638. The summed E-state index contributed by atoms with van der Waals surface area (Å²) in [4.78, 5) is 33.8. The van der Waals surface area contributed by atoms with E-state index in [9.17, 15) is 19.1 Å². The van der Waals surface area contributed by atoms with Gasteiger partial charge in [0.1, 0.15) is 17.4 Å². The second kappa shape index (κ2) is 10.5. The van der Waals surface area contributed by atoms with Gasteiger partial charge in [-0.2, -0.15) is 14.3 Å². The Hall–Kier alpha value is -3.94. The largest absolute Gasteiger partial charge is 0.430 e. The highest BCUT2D eigenvalue weighted by molar-refractivity contribution is 7.07. The van der Waals surface area contributed by atoms with Crippen LogP contribution >= 0.6 is 11.5 Å². The van der Waals surface area contributed by atoms with Crippen molar-refractivity contribution in [2.45, 2.75) is 26.1 Å². The van der Waals surface area contributed by atoms with Crippen molar-refractivity contribution in [3.8, 4) is 10.9 Å². The Bertz CT molecular complexity index is 1420. The van der Waals surface area contributed by atoms with Gasteiger partial charge in [0, 0.05) is 17.2 Å². The van der Waals surface area contributed by atoms with Gasteiger partial charge in [-0.05, 0) is 48.9 Å². The van der Waals surface area contributed by atoms with Gasteiger partial charge in [-0.3, -0.25) is 4.57 Å². The number of nitrogens with zero attached hydrogens (tertiary/aromatic N) is 5. The molecule has 2 heterocycles. The van der Waals surface area contributed by atoms with E-state index in [1.807, 2.05) is 0 Å². The molecule has 0 saturated heterocycles. The Morgan fingerprint density at radius 1 is 1.09 bits per heavy atom. The van der Waals surface area contributed by atoms with E-state index in [1.54, 1.807) is 31.2 Å². The SMILES string of the molecule is Cc1nsc(Oc2ccc(Nc3nc(=O)n(C[C@H](O)CO)c(=O)n3Cc3ccc(F)cc3)cc2)n1. The van der Waals surface area contributed by atoms with Crippen molar-refractivity contribution in [3.05, 3.63) is 86.7 Å². The molecular weight excluding hydrogens is 479 g/mol. The number of hydrogen-bond donors (Lipinski definition) is 3. The predicted molar refractivity (Wildman–Crippen MR) is 126 cm³/mol. The van der Waals surface area contributed by atoms with Gasteiger partial charge in [-0.1, -0.05) is 12.1 Å². The number of aromatic nitrogens is 5. The van der Waals surface area contributed by atoms with Crippen molar-refractivity contribution < 1.29 is 19.3 Å². The summed E-state index contributed by atoms with van der Waals surface area (Å²) in [7, 11) is 0. The fraction of sp³-hybridized carbons (Fsp3) is 0.227. The average Bonchev–Trinajstić information content (AvgIpc) is 3.25. The number of nitrogens with one attached hydrogen (secondary N) is 1. The maximum Gasteiger partial charge on any atom is 0.355 e. The topological polar surface area (TPSA) is 144 Å². The molecule has 0 fully saturated rings. The van der Waals surface area contributed by atoms with E-state index in [1.165, 1.54) is 28.8 Å². The van der Waals surface area contributed by atoms with Gasteiger partial charge in [0.25, 0.3) is 5.19 Å². The molecule has 11 nitrogen and oxygen atoms in total. The zero-order chi connectivity index (χ0) is 24.9. The summed E-state index contributed by atoms with van der Waals surface area (Å²) in [6, 6.07) is 12.2. The Balaban J connectivity index is 1.65. The Kier molecular flexibility index (Phi) is 7.29. The number of anilines is 2. The molecule has 182 valence electrons. The van der Waals surface area contributed by atoms with Gasteiger partial charge in [-0.15, -0.1) is 0 Å². The normalized spacial score (nSPS) is 11.9. The fourth-order valence-electron chi connectivity index (χ4n) is 3.12. The minimum atomic E-state index is -1.32. The van der Waals surface area contributed by atoms with Crippen LogP contribution in [0.3, 0.4) is 0 Å². The van der Waals surface area contributed by atoms with Gasteiger partial charge >= 0.3 is 11.4 Å². The van der Waals surface area contributed by atoms with Crippen LogP contribution < -0.4 is 21.4 Å². The maximum absolute atomic E-state index is 13.3. The summed E-state index contributed by atoms with van der Waals surface area (Å²) in [5.41, 5.74) is -0.552. The lowest BCUT2D eigenvalue weighted by Gasteiger charge is -2.17. The number of halogens is 1. The molecule has 0 spiro atoms. The van der Waals surface area contributed by atoms with E-state index in [0.717, 1.165) is 16.1 Å². The molecule has 3 N–H and O–H groups in total. The molecule has 0 radical (unpaired) electrons. The van der Waals surface area contributed by atoms with Gasteiger partial charge in [-0.25, -0.2) is 18.5 Å². The lowest BCUT2D eigenvalue weighted by atomic mass is 10.2. The number of benzene rings is 2. The number of aryl methyl sites for hydroxylation is 1. The first-order chi connectivity index (χ1) is 16.8. The number of hydrogen-bond acceptors (Lipinski definition) is 10. The van der Waals surface area contributed by atoms with Crippen molar-refractivity contribution in [1.82, 2.24) is 23.5 Å². The third kappa shape index (κ3) is 5.95. The molecule has 2 aromatic carbocycles.